The van der Waals surface area contributed by atoms with E-state index in [1.54, 1.807) is 0 Å². The van der Waals surface area contributed by atoms with E-state index in [9.17, 15) is 4.79 Å². The molecule has 3 rings (SSSR count). The summed E-state index contributed by atoms with van der Waals surface area (Å²) in [6.45, 7) is 1.27. The summed E-state index contributed by atoms with van der Waals surface area (Å²) in [5, 5.41) is 0. The lowest BCUT2D eigenvalue weighted by molar-refractivity contribution is -0.127. The van der Waals surface area contributed by atoms with Crippen molar-refractivity contribution in [1.29, 1.82) is 0 Å². The predicted octanol–water partition coefficient (Wildman–Crippen LogP) is 3.54. The van der Waals surface area contributed by atoms with Gasteiger partial charge >= 0.3 is 0 Å². The van der Waals surface area contributed by atoms with Gasteiger partial charge in [0, 0.05) is 24.9 Å². The molecule has 0 radical (unpaired) electrons. The van der Waals surface area contributed by atoms with Gasteiger partial charge in [-0.3, -0.25) is 9.69 Å². The van der Waals surface area contributed by atoms with Gasteiger partial charge in [0.05, 0.1) is 0 Å². The fourth-order valence-electron chi connectivity index (χ4n) is 4.44. The van der Waals surface area contributed by atoms with Crippen LogP contribution in [-0.4, -0.2) is 29.3 Å². The summed E-state index contributed by atoms with van der Waals surface area (Å²) in [7, 11) is 0. The van der Waals surface area contributed by atoms with E-state index in [2.05, 4.69) is 4.90 Å². The molecule has 2 aliphatic heterocycles. The van der Waals surface area contributed by atoms with E-state index in [1.165, 1.54) is 64.3 Å². The largest absolute Gasteiger partial charge is 0.300 e. The van der Waals surface area contributed by atoms with Crippen LogP contribution in [0, 0.1) is 5.92 Å². The molecule has 2 heterocycles. The number of Topliss-reactive ketones (excluding diaryl/α,β-unsaturated/α-hetero) is 1. The number of carbonyl (C=O) groups excluding carboxylic acids is 1. The van der Waals surface area contributed by atoms with Gasteiger partial charge in [-0.1, -0.05) is 38.5 Å². The molecule has 3 aliphatic rings. The molecule has 2 atom stereocenters. The topological polar surface area (TPSA) is 20.3 Å². The molecule has 1 aliphatic carbocycles. The normalized spacial score (nSPS) is 34.8. The first-order chi connectivity index (χ1) is 8.83. The third kappa shape index (κ3) is 2.79. The summed E-state index contributed by atoms with van der Waals surface area (Å²) < 4.78 is 0. The van der Waals surface area contributed by atoms with Crippen molar-refractivity contribution in [2.75, 3.05) is 6.54 Å². The van der Waals surface area contributed by atoms with Gasteiger partial charge in [-0.25, -0.2) is 0 Å². The van der Waals surface area contributed by atoms with Crippen molar-refractivity contribution in [3.8, 4) is 0 Å². The van der Waals surface area contributed by atoms with Crippen molar-refractivity contribution in [2.24, 2.45) is 5.92 Å². The minimum Gasteiger partial charge on any atom is -0.300 e. The Kier molecular flexibility index (Phi) is 4.03. The smallest absolute Gasteiger partial charge is 0.136 e. The van der Waals surface area contributed by atoms with Gasteiger partial charge in [0.25, 0.3) is 0 Å². The standard InChI is InChI=1S/C16H27NO/c18-16-11-14-7-4-8-15(12-16)17(14)10-9-13-5-2-1-3-6-13/h13-15H,1-12H2. The molecule has 2 nitrogen and oxygen atoms in total. The average molecular weight is 249 g/mol. The molecule has 102 valence electrons. The highest BCUT2D eigenvalue weighted by atomic mass is 16.1. The molecule has 0 aromatic heterocycles. The van der Waals surface area contributed by atoms with E-state index in [-0.39, 0.29) is 0 Å². The maximum absolute atomic E-state index is 11.7. The first-order valence-electron chi connectivity index (χ1n) is 8.10. The maximum atomic E-state index is 11.7. The lowest BCUT2D eigenvalue weighted by atomic mass is 9.82. The van der Waals surface area contributed by atoms with Crippen LogP contribution in [0.2, 0.25) is 0 Å². The van der Waals surface area contributed by atoms with Crippen LogP contribution >= 0.6 is 0 Å². The van der Waals surface area contributed by atoms with E-state index in [0.717, 1.165) is 18.8 Å². The number of nitrogens with zero attached hydrogens (tertiary/aromatic N) is 1. The first kappa shape index (κ1) is 12.7. The fourth-order valence-corrected chi connectivity index (χ4v) is 4.44. The Morgan fingerprint density at radius 2 is 1.56 bits per heavy atom. The van der Waals surface area contributed by atoms with Gasteiger partial charge in [0.1, 0.15) is 5.78 Å². The van der Waals surface area contributed by atoms with E-state index < -0.39 is 0 Å². The molecule has 2 unspecified atom stereocenters. The van der Waals surface area contributed by atoms with Crippen LogP contribution in [0.5, 0.6) is 0 Å². The Morgan fingerprint density at radius 1 is 0.889 bits per heavy atom. The minimum absolute atomic E-state index is 0.526. The van der Waals surface area contributed by atoms with Crippen molar-refractivity contribution in [1.82, 2.24) is 4.90 Å². The molecule has 0 amide bonds. The molecule has 2 bridgehead atoms. The summed E-state index contributed by atoms with van der Waals surface area (Å²) in [6, 6.07) is 1.21. The van der Waals surface area contributed by atoms with Crippen LogP contribution in [0.4, 0.5) is 0 Å². The molecule has 0 spiro atoms. The molecule has 3 fully saturated rings. The van der Waals surface area contributed by atoms with Gasteiger partial charge < -0.3 is 0 Å². The summed E-state index contributed by atoms with van der Waals surface area (Å²) >= 11 is 0. The van der Waals surface area contributed by atoms with Crippen LogP contribution in [0.1, 0.15) is 70.6 Å². The second-order valence-corrected chi connectivity index (χ2v) is 6.72. The number of carbonyl (C=O) groups is 1. The summed E-state index contributed by atoms with van der Waals surface area (Å²) in [4.78, 5) is 14.4. The molecule has 2 saturated heterocycles. The predicted molar refractivity (Wildman–Crippen MR) is 73.6 cm³/mol. The molecule has 1 saturated carbocycles. The van der Waals surface area contributed by atoms with Crippen LogP contribution in [-0.2, 0) is 4.79 Å². The maximum Gasteiger partial charge on any atom is 0.136 e. The molecular formula is C16H27NO. The minimum atomic E-state index is 0.526. The summed E-state index contributed by atoms with van der Waals surface area (Å²) in [5.74, 6) is 1.51. The van der Waals surface area contributed by atoms with Gasteiger partial charge in [0.2, 0.25) is 0 Å². The molecule has 0 aromatic carbocycles. The Morgan fingerprint density at radius 3 is 2.22 bits per heavy atom. The highest BCUT2D eigenvalue weighted by Gasteiger charge is 2.37. The molecule has 0 aromatic rings. The van der Waals surface area contributed by atoms with Gasteiger partial charge in [-0.15, -0.1) is 0 Å². The summed E-state index contributed by atoms with van der Waals surface area (Å²) in [5.41, 5.74) is 0. The van der Waals surface area contributed by atoms with E-state index in [1.807, 2.05) is 0 Å². The zero-order valence-corrected chi connectivity index (χ0v) is 11.6. The highest BCUT2D eigenvalue weighted by molar-refractivity contribution is 5.80. The van der Waals surface area contributed by atoms with Crippen molar-refractivity contribution < 1.29 is 4.79 Å². The number of hydrogen-bond acceptors (Lipinski definition) is 2. The monoisotopic (exact) mass is 249 g/mol. The Bertz CT molecular complexity index is 279. The average Bonchev–Trinajstić information content (AvgIpc) is 2.37. The second-order valence-electron chi connectivity index (χ2n) is 6.72. The SMILES string of the molecule is O=C1CC2CCCC(C1)N2CCC1CCCCC1. The number of piperidine rings is 2. The van der Waals surface area contributed by atoms with Gasteiger partial charge in [-0.2, -0.15) is 0 Å². The number of ketones is 1. The van der Waals surface area contributed by atoms with Gasteiger partial charge in [-0.05, 0) is 31.7 Å². The van der Waals surface area contributed by atoms with E-state index >= 15 is 0 Å². The zero-order valence-electron chi connectivity index (χ0n) is 11.6. The Labute approximate surface area is 111 Å². The van der Waals surface area contributed by atoms with Crippen LogP contribution in [0.15, 0.2) is 0 Å². The number of hydrogen-bond donors (Lipinski definition) is 0. The quantitative estimate of drug-likeness (QED) is 0.762. The van der Waals surface area contributed by atoms with Crippen LogP contribution < -0.4 is 0 Å². The fraction of sp³-hybridized carbons (Fsp3) is 0.938. The third-order valence-electron chi connectivity index (χ3n) is 5.46. The second kappa shape index (κ2) is 5.73. The van der Waals surface area contributed by atoms with Crippen molar-refractivity contribution in [3.63, 3.8) is 0 Å². The van der Waals surface area contributed by atoms with Crippen LogP contribution in [0.25, 0.3) is 0 Å². The van der Waals surface area contributed by atoms with Crippen molar-refractivity contribution in [3.05, 3.63) is 0 Å². The lowest BCUT2D eigenvalue weighted by Gasteiger charge is -2.46. The van der Waals surface area contributed by atoms with E-state index in [0.29, 0.717) is 17.9 Å². The number of rotatable bonds is 3. The molecule has 18 heavy (non-hydrogen) atoms. The third-order valence-corrected chi connectivity index (χ3v) is 5.46. The van der Waals surface area contributed by atoms with E-state index in [4.69, 9.17) is 0 Å². The molecular weight excluding hydrogens is 222 g/mol. The zero-order chi connectivity index (χ0) is 12.4. The van der Waals surface area contributed by atoms with Crippen LogP contribution in [0.3, 0.4) is 0 Å². The summed E-state index contributed by atoms with van der Waals surface area (Å²) in [6.07, 6.45) is 14.3. The Hall–Kier alpha value is -0.370. The van der Waals surface area contributed by atoms with Crippen molar-refractivity contribution >= 4 is 5.78 Å². The Balaban J connectivity index is 1.53. The van der Waals surface area contributed by atoms with Gasteiger partial charge in [0.15, 0.2) is 0 Å². The lowest BCUT2D eigenvalue weighted by Crippen LogP contribution is -2.52. The van der Waals surface area contributed by atoms with Crippen molar-refractivity contribution in [2.45, 2.75) is 82.7 Å². The molecule has 0 N–H and O–H groups in total. The molecule has 2 heteroatoms. The number of fused-ring (bicyclic) bond motifs is 2. The first-order valence-corrected chi connectivity index (χ1v) is 8.10. The highest BCUT2D eigenvalue weighted by Crippen LogP contribution is 2.34.